The van der Waals surface area contributed by atoms with Crippen LogP contribution < -0.4 is 0 Å². The van der Waals surface area contributed by atoms with Gasteiger partial charge in [-0.1, -0.05) is 25.6 Å². The minimum Gasteiger partial charge on any atom is -0.292 e. The highest BCUT2D eigenvalue weighted by Crippen LogP contribution is 2.05. The molecule has 68 valence electrons. The van der Waals surface area contributed by atoms with Gasteiger partial charge >= 0.3 is 0 Å². The minimum atomic E-state index is 0.109. The van der Waals surface area contributed by atoms with Crippen LogP contribution in [0.3, 0.4) is 0 Å². The molecule has 0 amide bonds. The number of carbonyl (C=O) groups is 1. The summed E-state index contributed by atoms with van der Waals surface area (Å²) in [4.78, 5) is 15.4. The summed E-state index contributed by atoms with van der Waals surface area (Å²) in [6.45, 7) is 5.60. The topological polar surface area (TPSA) is 30.0 Å². The lowest BCUT2D eigenvalue weighted by atomic mass is 10.1. The highest BCUT2D eigenvalue weighted by molar-refractivity contribution is 5.94. The van der Waals surface area contributed by atoms with Crippen molar-refractivity contribution < 1.29 is 4.79 Å². The number of hydrogen-bond donors (Lipinski definition) is 0. The standard InChI is InChI=1S/C11H13NO/c1-3-5-11(13)10-7-6-9(4-2)8-12-10/h4,6-8H,2-3,5H2,1H3. The van der Waals surface area contributed by atoms with E-state index >= 15 is 0 Å². The number of rotatable bonds is 4. The van der Waals surface area contributed by atoms with Gasteiger partial charge in [0, 0.05) is 12.6 Å². The van der Waals surface area contributed by atoms with Crippen LogP contribution in [0.2, 0.25) is 0 Å². The maximum absolute atomic E-state index is 11.4. The van der Waals surface area contributed by atoms with Crippen molar-refractivity contribution in [1.82, 2.24) is 4.98 Å². The SMILES string of the molecule is C=Cc1ccc(C(=O)CCC)nc1. The Morgan fingerprint density at radius 2 is 2.38 bits per heavy atom. The minimum absolute atomic E-state index is 0.109. The fourth-order valence-corrected chi connectivity index (χ4v) is 1.05. The number of ketones is 1. The summed E-state index contributed by atoms with van der Waals surface area (Å²) in [5, 5.41) is 0. The van der Waals surface area contributed by atoms with Crippen LogP contribution >= 0.6 is 0 Å². The predicted molar refractivity (Wildman–Crippen MR) is 53.6 cm³/mol. The Bertz CT molecular complexity index is 300. The van der Waals surface area contributed by atoms with E-state index in [0.717, 1.165) is 12.0 Å². The van der Waals surface area contributed by atoms with Crippen LogP contribution in [0.4, 0.5) is 0 Å². The fraction of sp³-hybridized carbons (Fsp3) is 0.273. The summed E-state index contributed by atoms with van der Waals surface area (Å²) in [6.07, 6.45) is 4.81. The van der Waals surface area contributed by atoms with Crippen molar-refractivity contribution in [2.45, 2.75) is 19.8 Å². The molecule has 0 aliphatic carbocycles. The van der Waals surface area contributed by atoms with Gasteiger partial charge in [0.05, 0.1) is 0 Å². The van der Waals surface area contributed by atoms with Crippen LogP contribution in [0.25, 0.3) is 6.08 Å². The molecule has 0 atom stereocenters. The molecule has 2 heteroatoms. The van der Waals surface area contributed by atoms with E-state index in [1.54, 1.807) is 18.3 Å². The second-order valence-corrected chi connectivity index (χ2v) is 2.85. The second-order valence-electron chi connectivity index (χ2n) is 2.85. The van der Waals surface area contributed by atoms with E-state index in [1.807, 2.05) is 13.0 Å². The summed E-state index contributed by atoms with van der Waals surface area (Å²) < 4.78 is 0. The van der Waals surface area contributed by atoms with E-state index in [9.17, 15) is 4.79 Å². The van der Waals surface area contributed by atoms with E-state index in [4.69, 9.17) is 0 Å². The van der Waals surface area contributed by atoms with Crippen molar-refractivity contribution in [2.24, 2.45) is 0 Å². The summed E-state index contributed by atoms with van der Waals surface area (Å²) in [7, 11) is 0. The average molecular weight is 175 g/mol. The molecule has 1 rings (SSSR count). The molecule has 13 heavy (non-hydrogen) atoms. The lowest BCUT2D eigenvalue weighted by Gasteiger charge is -1.98. The van der Waals surface area contributed by atoms with E-state index in [-0.39, 0.29) is 5.78 Å². The van der Waals surface area contributed by atoms with Crippen LogP contribution in [0, 0.1) is 0 Å². The monoisotopic (exact) mass is 175 g/mol. The molecule has 0 saturated carbocycles. The molecule has 0 spiro atoms. The molecule has 2 nitrogen and oxygen atoms in total. The van der Waals surface area contributed by atoms with Crippen molar-refractivity contribution in [3.8, 4) is 0 Å². The van der Waals surface area contributed by atoms with Crippen molar-refractivity contribution >= 4 is 11.9 Å². The third kappa shape index (κ3) is 2.51. The zero-order valence-electron chi connectivity index (χ0n) is 7.79. The number of carbonyl (C=O) groups excluding carboxylic acids is 1. The van der Waals surface area contributed by atoms with E-state index in [0.29, 0.717) is 12.1 Å². The van der Waals surface area contributed by atoms with Crippen LogP contribution in [0.15, 0.2) is 24.9 Å². The van der Waals surface area contributed by atoms with Gasteiger partial charge in [-0.2, -0.15) is 0 Å². The number of pyridine rings is 1. The molecule has 0 saturated heterocycles. The first-order valence-corrected chi connectivity index (χ1v) is 4.39. The molecule has 0 aromatic carbocycles. The Morgan fingerprint density at radius 3 is 2.85 bits per heavy atom. The maximum atomic E-state index is 11.4. The van der Waals surface area contributed by atoms with Crippen LogP contribution in [-0.4, -0.2) is 10.8 Å². The Kier molecular flexibility index (Phi) is 3.38. The van der Waals surface area contributed by atoms with Crippen LogP contribution in [0.1, 0.15) is 35.8 Å². The summed E-state index contributed by atoms with van der Waals surface area (Å²) in [5.41, 5.74) is 1.49. The largest absolute Gasteiger partial charge is 0.292 e. The lowest BCUT2D eigenvalue weighted by Crippen LogP contribution is -2.00. The van der Waals surface area contributed by atoms with E-state index in [2.05, 4.69) is 11.6 Å². The molecule has 1 aromatic rings. The molecular weight excluding hydrogens is 162 g/mol. The van der Waals surface area contributed by atoms with Gasteiger partial charge < -0.3 is 0 Å². The first-order valence-electron chi connectivity index (χ1n) is 4.39. The molecule has 0 aliphatic heterocycles. The average Bonchev–Trinajstić information content (AvgIpc) is 2.18. The normalized spacial score (nSPS) is 9.62. The zero-order chi connectivity index (χ0) is 9.68. The second kappa shape index (κ2) is 4.55. The summed E-state index contributed by atoms with van der Waals surface area (Å²) in [6, 6.07) is 3.60. The van der Waals surface area contributed by atoms with Gasteiger partial charge in [-0.25, -0.2) is 0 Å². The van der Waals surface area contributed by atoms with E-state index < -0.39 is 0 Å². The van der Waals surface area contributed by atoms with Gasteiger partial charge in [0.15, 0.2) is 5.78 Å². The molecule has 0 unspecified atom stereocenters. The molecule has 0 radical (unpaired) electrons. The summed E-state index contributed by atoms with van der Waals surface area (Å²) in [5.74, 6) is 0.109. The number of Topliss-reactive ketones (excluding diaryl/α,β-unsaturated/α-hetero) is 1. The van der Waals surface area contributed by atoms with Crippen molar-refractivity contribution in [3.63, 3.8) is 0 Å². The first-order chi connectivity index (χ1) is 6.27. The van der Waals surface area contributed by atoms with Gasteiger partial charge in [-0.05, 0) is 18.1 Å². The molecule has 1 aromatic heterocycles. The highest BCUT2D eigenvalue weighted by atomic mass is 16.1. The number of hydrogen-bond acceptors (Lipinski definition) is 2. The predicted octanol–water partition coefficient (Wildman–Crippen LogP) is 2.71. The molecule has 0 aliphatic rings. The third-order valence-corrected chi connectivity index (χ3v) is 1.78. The van der Waals surface area contributed by atoms with Crippen molar-refractivity contribution in [3.05, 3.63) is 36.2 Å². The smallest absolute Gasteiger partial charge is 0.181 e. The Hall–Kier alpha value is -1.44. The number of nitrogens with zero attached hydrogens (tertiary/aromatic N) is 1. The maximum Gasteiger partial charge on any atom is 0.181 e. The van der Waals surface area contributed by atoms with Gasteiger partial charge in [0.1, 0.15) is 5.69 Å². The quantitative estimate of drug-likeness (QED) is 0.658. The molecule has 1 heterocycles. The zero-order valence-corrected chi connectivity index (χ0v) is 7.79. The van der Waals surface area contributed by atoms with Gasteiger partial charge in [-0.3, -0.25) is 9.78 Å². The van der Waals surface area contributed by atoms with Crippen LogP contribution in [0.5, 0.6) is 0 Å². The van der Waals surface area contributed by atoms with Crippen LogP contribution in [-0.2, 0) is 0 Å². The molecule has 0 N–H and O–H groups in total. The van der Waals surface area contributed by atoms with Gasteiger partial charge in [0.25, 0.3) is 0 Å². The lowest BCUT2D eigenvalue weighted by molar-refractivity contribution is 0.0977. The molecule has 0 fully saturated rings. The highest BCUT2D eigenvalue weighted by Gasteiger charge is 2.04. The Labute approximate surface area is 78.3 Å². The third-order valence-electron chi connectivity index (χ3n) is 1.78. The Balaban J connectivity index is 2.79. The van der Waals surface area contributed by atoms with Gasteiger partial charge in [0.2, 0.25) is 0 Å². The fourth-order valence-electron chi connectivity index (χ4n) is 1.05. The summed E-state index contributed by atoms with van der Waals surface area (Å²) >= 11 is 0. The first kappa shape index (κ1) is 9.65. The Morgan fingerprint density at radius 1 is 1.62 bits per heavy atom. The molecule has 0 bridgehead atoms. The van der Waals surface area contributed by atoms with Crippen molar-refractivity contribution in [2.75, 3.05) is 0 Å². The van der Waals surface area contributed by atoms with Crippen molar-refractivity contribution in [1.29, 1.82) is 0 Å². The van der Waals surface area contributed by atoms with Gasteiger partial charge in [-0.15, -0.1) is 0 Å². The van der Waals surface area contributed by atoms with E-state index in [1.165, 1.54) is 0 Å². The number of aromatic nitrogens is 1. The molecular formula is C11H13NO.